The Labute approximate surface area is 152 Å². The molecule has 2 aromatic heterocycles. The number of hydrogen-bond donors (Lipinski definition) is 1. The topological polar surface area (TPSA) is 112 Å². The molecule has 2 amide bonds. The second kappa shape index (κ2) is 7.24. The van der Waals surface area contributed by atoms with Gasteiger partial charge < -0.3 is 14.9 Å². The minimum atomic E-state index is -0.921. The van der Waals surface area contributed by atoms with E-state index in [0.29, 0.717) is 24.3 Å². The maximum Gasteiger partial charge on any atom is 0.308 e. The van der Waals surface area contributed by atoms with Crippen LogP contribution in [0.15, 0.2) is 22.6 Å². The van der Waals surface area contributed by atoms with Crippen LogP contribution in [0.2, 0.25) is 0 Å². The van der Waals surface area contributed by atoms with Crippen molar-refractivity contribution in [1.82, 2.24) is 19.2 Å². The highest BCUT2D eigenvalue weighted by Crippen LogP contribution is 2.17. The number of aromatic nitrogens is 2. The molecule has 0 aliphatic carbocycles. The Kier molecular flexibility index (Phi) is 5.03. The summed E-state index contributed by atoms with van der Waals surface area (Å²) >= 11 is 1.28. The Balaban J connectivity index is 1.70. The number of carbonyl (C=O) groups is 3. The molecule has 1 atom stereocenters. The summed E-state index contributed by atoms with van der Waals surface area (Å²) in [4.78, 5) is 55.6. The summed E-state index contributed by atoms with van der Waals surface area (Å²) in [6.45, 7) is 0.383. The molecule has 1 N–H and O–H groups in total. The zero-order valence-corrected chi connectivity index (χ0v) is 14.9. The summed E-state index contributed by atoms with van der Waals surface area (Å²) in [5.41, 5.74) is -0.595. The molecule has 26 heavy (non-hydrogen) atoms. The highest BCUT2D eigenvalue weighted by Gasteiger charge is 2.29. The fourth-order valence-electron chi connectivity index (χ4n) is 2.96. The van der Waals surface area contributed by atoms with E-state index >= 15 is 0 Å². The smallest absolute Gasteiger partial charge is 0.308 e. The number of amides is 2. The molecule has 0 bridgehead atoms. The van der Waals surface area contributed by atoms with E-state index in [9.17, 15) is 19.2 Å². The van der Waals surface area contributed by atoms with Crippen LogP contribution in [-0.4, -0.2) is 68.8 Å². The van der Waals surface area contributed by atoms with Gasteiger partial charge in [-0.1, -0.05) is 0 Å². The molecule has 0 saturated carbocycles. The van der Waals surface area contributed by atoms with Crippen LogP contribution in [0.5, 0.6) is 0 Å². The van der Waals surface area contributed by atoms with Crippen molar-refractivity contribution in [3.8, 4) is 0 Å². The second-order valence-electron chi connectivity index (χ2n) is 6.21. The van der Waals surface area contributed by atoms with Gasteiger partial charge in [0, 0.05) is 37.9 Å². The average Bonchev–Trinajstić information content (AvgIpc) is 3.11. The quantitative estimate of drug-likeness (QED) is 0.811. The van der Waals surface area contributed by atoms with Crippen LogP contribution in [0.1, 0.15) is 23.2 Å². The maximum absolute atomic E-state index is 12.5. The number of carboxylic acid groups (broad SMARTS) is 1. The van der Waals surface area contributed by atoms with E-state index in [-0.39, 0.29) is 24.6 Å². The van der Waals surface area contributed by atoms with Crippen molar-refractivity contribution >= 4 is 34.1 Å². The van der Waals surface area contributed by atoms with Crippen molar-refractivity contribution in [3.63, 3.8) is 0 Å². The third kappa shape index (κ3) is 3.45. The number of aliphatic carboxylic acids is 1. The number of thiazole rings is 1. The molecule has 138 valence electrons. The molecule has 1 unspecified atom stereocenters. The minimum Gasteiger partial charge on any atom is -0.481 e. The summed E-state index contributed by atoms with van der Waals surface area (Å²) in [6, 6.07) is 0. The summed E-state index contributed by atoms with van der Waals surface area (Å²) in [5.74, 6) is -2.43. The van der Waals surface area contributed by atoms with Gasteiger partial charge in [-0.3, -0.25) is 23.6 Å². The number of hydrogen-bond acceptors (Lipinski definition) is 6. The lowest BCUT2D eigenvalue weighted by molar-refractivity contribution is -0.145. The lowest BCUT2D eigenvalue weighted by atomic mass is 9.98. The van der Waals surface area contributed by atoms with Crippen LogP contribution in [0.3, 0.4) is 0 Å². The fourth-order valence-corrected chi connectivity index (χ4v) is 3.63. The third-order valence-corrected chi connectivity index (χ3v) is 5.19. The molecule has 0 radical (unpaired) electrons. The number of rotatable bonds is 4. The molecule has 3 heterocycles. The monoisotopic (exact) mass is 378 g/mol. The van der Waals surface area contributed by atoms with Crippen LogP contribution >= 0.6 is 11.3 Å². The number of carbonyl (C=O) groups excluding carboxylic acids is 2. The van der Waals surface area contributed by atoms with Gasteiger partial charge in [-0.2, -0.15) is 0 Å². The van der Waals surface area contributed by atoms with Crippen LogP contribution in [0, 0.1) is 5.92 Å². The second-order valence-corrected chi connectivity index (χ2v) is 7.08. The number of fused-ring (bicyclic) bond motifs is 1. The third-order valence-electron chi connectivity index (χ3n) is 4.42. The van der Waals surface area contributed by atoms with E-state index in [0.717, 1.165) is 4.90 Å². The SMILES string of the molecule is CN(CC(=O)N1CCCC(C(=O)O)C1)C(=O)c1cnc2sccn2c1=O. The average molecular weight is 378 g/mol. The van der Waals surface area contributed by atoms with Crippen molar-refractivity contribution in [3.05, 3.63) is 33.7 Å². The van der Waals surface area contributed by atoms with Gasteiger partial charge in [0.2, 0.25) is 5.91 Å². The first-order valence-corrected chi connectivity index (χ1v) is 8.97. The van der Waals surface area contributed by atoms with E-state index < -0.39 is 23.4 Å². The minimum absolute atomic E-state index is 0.113. The maximum atomic E-state index is 12.5. The number of nitrogens with zero attached hydrogens (tertiary/aromatic N) is 4. The largest absolute Gasteiger partial charge is 0.481 e. The van der Waals surface area contributed by atoms with E-state index in [1.807, 2.05) is 0 Å². The summed E-state index contributed by atoms with van der Waals surface area (Å²) < 4.78 is 1.29. The van der Waals surface area contributed by atoms with Crippen LogP contribution in [-0.2, 0) is 9.59 Å². The molecule has 10 heteroatoms. The van der Waals surface area contributed by atoms with Gasteiger partial charge in [-0.15, -0.1) is 11.3 Å². The van der Waals surface area contributed by atoms with Crippen molar-refractivity contribution in [2.24, 2.45) is 5.92 Å². The molecule has 9 nitrogen and oxygen atoms in total. The summed E-state index contributed by atoms with van der Waals surface area (Å²) in [7, 11) is 1.43. The lowest BCUT2D eigenvalue weighted by Gasteiger charge is -2.32. The van der Waals surface area contributed by atoms with Gasteiger partial charge in [0.25, 0.3) is 11.5 Å². The van der Waals surface area contributed by atoms with Gasteiger partial charge in [-0.25, -0.2) is 4.98 Å². The van der Waals surface area contributed by atoms with Crippen LogP contribution in [0.25, 0.3) is 4.96 Å². The Hall–Kier alpha value is -2.75. The van der Waals surface area contributed by atoms with Crippen LogP contribution in [0.4, 0.5) is 0 Å². The molecule has 0 spiro atoms. The summed E-state index contributed by atoms with van der Waals surface area (Å²) in [6.07, 6.45) is 3.91. The van der Waals surface area contributed by atoms with Gasteiger partial charge in [0.1, 0.15) is 5.56 Å². The van der Waals surface area contributed by atoms with Crippen molar-refractivity contribution in [2.75, 3.05) is 26.7 Å². The zero-order valence-electron chi connectivity index (χ0n) is 14.1. The molecule has 2 aromatic rings. The predicted molar refractivity (Wildman–Crippen MR) is 93.2 cm³/mol. The highest BCUT2D eigenvalue weighted by molar-refractivity contribution is 7.15. The molecule has 1 fully saturated rings. The van der Waals surface area contributed by atoms with E-state index in [2.05, 4.69) is 4.98 Å². The molecular formula is C16H18N4O5S. The van der Waals surface area contributed by atoms with E-state index in [1.165, 1.54) is 40.1 Å². The lowest BCUT2D eigenvalue weighted by Crippen LogP contribution is -2.47. The molecule has 1 saturated heterocycles. The first-order chi connectivity index (χ1) is 12.4. The molecule has 1 aliphatic heterocycles. The van der Waals surface area contributed by atoms with Crippen molar-refractivity contribution in [2.45, 2.75) is 12.8 Å². The molecule has 3 rings (SSSR count). The summed E-state index contributed by atoms with van der Waals surface area (Å²) in [5, 5.41) is 10.8. The molecule has 0 aromatic carbocycles. The van der Waals surface area contributed by atoms with E-state index in [1.54, 1.807) is 5.38 Å². The van der Waals surface area contributed by atoms with Crippen molar-refractivity contribution < 1.29 is 19.5 Å². The number of likely N-dealkylation sites (tertiary alicyclic amines) is 1. The van der Waals surface area contributed by atoms with E-state index in [4.69, 9.17) is 5.11 Å². The predicted octanol–water partition coefficient (Wildman–Crippen LogP) is 0.151. The van der Waals surface area contributed by atoms with Gasteiger partial charge >= 0.3 is 5.97 Å². The van der Waals surface area contributed by atoms with Gasteiger partial charge in [0.15, 0.2) is 4.96 Å². The highest BCUT2D eigenvalue weighted by atomic mass is 32.1. The molecular weight excluding hydrogens is 360 g/mol. The first kappa shape index (κ1) is 18.1. The Morgan fingerprint density at radius 2 is 2.19 bits per heavy atom. The Morgan fingerprint density at radius 3 is 2.92 bits per heavy atom. The number of carboxylic acids is 1. The number of likely N-dealkylation sites (N-methyl/N-ethyl adjacent to an activating group) is 1. The van der Waals surface area contributed by atoms with Crippen molar-refractivity contribution in [1.29, 1.82) is 0 Å². The Morgan fingerprint density at radius 1 is 1.42 bits per heavy atom. The standard InChI is InChI=1S/C16H18N4O5S/c1-18(9-12(21)19-4-2-3-10(8-19)15(24)25)13(22)11-7-17-16-20(14(11)23)5-6-26-16/h5-7,10H,2-4,8-9H2,1H3,(H,24,25). The Bertz CT molecular complexity index is 921. The first-order valence-electron chi connectivity index (χ1n) is 8.09. The van der Waals surface area contributed by atoms with Crippen LogP contribution < -0.4 is 5.56 Å². The van der Waals surface area contributed by atoms with Gasteiger partial charge in [-0.05, 0) is 12.8 Å². The van der Waals surface area contributed by atoms with Gasteiger partial charge in [0.05, 0.1) is 12.5 Å². The normalized spacial score (nSPS) is 17.3. The number of piperidine rings is 1. The zero-order chi connectivity index (χ0) is 18.8. The fraction of sp³-hybridized carbons (Fsp3) is 0.438. The molecule has 1 aliphatic rings.